The molecule has 0 saturated carbocycles. The van der Waals surface area contributed by atoms with Gasteiger partial charge < -0.3 is 39.9 Å². The van der Waals surface area contributed by atoms with E-state index in [9.17, 15) is 48.3 Å². The van der Waals surface area contributed by atoms with Crippen molar-refractivity contribution in [1.29, 1.82) is 0 Å². The molecule has 6 N–H and O–H groups in total. The zero-order chi connectivity index (χ0) is 52.2. The van der Waals surface area contributed by atoms with Crippen LogP contribution in [0.1, 0.15) is 142 Å². The highest BCUT2D eigenvalue weighted by atomic mass is 31.3. The Morgan fingerprint density at radius 1 is 0.732 bits per heavy atom. The van der Waals surface area contributed by atoms with E-state index >= 15 is 0 Å². The van der Waals surface area contributed by atoms with Crippen molar-refractivity contribution in [1.82, 2.24) is 9.55 Å². The Kier molecular flexibility index (Phi) is 33.0. The average molecular weight is 1040 g/mol. The first-order valence-electron chi connectivity index (χ1n) is 24.6. The summed E-state index contributed by atoms with van der Waals surface area (Å²) in [6.45, 7) is 1.74. The fraction of sp³-hybridized carbons (Fsp3) is 0.580. The van der Waals surface area contributed by atoms with Gasteiger partial charge in [0.25, 0.3) is 0 Å². The Labute approximate surface area is 418 Å². The minimum atomic E-state index is -5.49. The van der Waals surface area contributed by atoms with E-state index < -0.39 is 83.7 Å². The summed E-state index contributed by atoms with van der Waals surface area (Å²) in [6.07, 6.45) is 35.4. The number of allylic oxidation sites excluding steroid dienone is 14. The number of phosphoric ester groups is 2. The quantitative estimate of drug-likeness (QED) is 0.0103. The number of nitrogens with two attached hydrogens (primary N) is 1. The maximum absolute atomic E-state index is 12.8. The molecular formula is C50H77N3O16P2. The van der Waals surface area contributed by atoms with Gasteiger partial charge in [0.1, 0.15) is 30.7 Å². The van der Waals surface area contributed by atoms with Crippen LogP contribution in [-0.4, -0.2) is 91.5 Å². The summed E-state index contributed by atoms with van der Waals surface area (Å²) in [5, 5.41) is 20.9. The SMILES string of the molecule is CC/C=C\C/C=C\C/C=C\CCCCCCCC(=O)OC[C@H](COP(=O)(O)OP(=O)(O)OC[C@H]1O[C@@H](n2ccc(N)nc2=O)[C@H](O)[C@@H]1O)OC(=O)CCCC(=O)/C=C/C=C\C/C=C\C/C=C\CCCCC. The molecule has 2 heterocycles. The topological polar surface area (TPSA) is 283 Å². The van der Waals surface area contributed by atoms with Gasteiger partial charge in [-0.25, -0.2) is 13.9 Å². The molecule has 19 nitrogen and oxygen atoms in total. The van der Waals surface area contributed by atoms with E-state index in [1.54, 1.807) is 12.2 Å². The lowest BCUT2D eigenvalue weighted by Gasteiger charge is -2.21. The summed E-state index contributed by atoms with van der Waals surface area (Å²) >= 11 is 0. The summed E-state index contributed by atoms with van der Waals surface area (Å²) in [7, 11) is -11.0. The van der Waals surface area contributed by atoms with Gasteiger partial charge in [0.2, 0.25) is 0 Å². The number of hydrogen-bond acceptors (Lipinski definition) is 16. The molecule has 1 aromatic rings. The van der Waals surface area contributed by atoms with Gasteiger partial charge in [-0.3, -0.25) is 28.0 Å². The molecule has 2 unspecified atom stereocenters. The van der Waals surface area contributed by atoms with Crippen LogP contribution < -0.4 is 11.4 Å². The third-order valence-corrected chi connectivity index (χ3v) is 13.0. The molecule has 1 aromatic heterocycles. The van der Waals surface area contributed by atoms with E-state index in [0.717, 1.165) is 75.0 Å². The maximum atomic E-state index is 12.8. The van der Waals surface area contributed by atoms with Crippen molar-refractivity contribution >= 4 is 39.2 Å². The molecule has 1 fully saturated rings. The molecule has 7 atom stereocenters. The van der Waals surface area contributed by atoms with Crippen LogP contribution in [0.4, 0.5) is 5.82 Å². The summed E-state index contributed by atoms with van der Waals surface area (Å²) in [5.41, 5.74) is 4.56. The summed E-state index contributed by atoms with van der Waals surface area (Å²) < 4.78 is 56.4. The number of carbonyl (C=O) groups excluding carboxylic acids is 3. The Bertz CT molecular complexity index is 2080. The van der Waals surface area contributed by atoms with E-state index in [-0.39, 0.29) is 37.3 Å². The number of esters is 2. The molecule has 1 aliphatic heterocycles. The summed E-state index contributed by atoms with van der Waals surface area (Å²) in [4.78, 5) is 74.2. The molecule has 0 aliphatic carbocycles. The van der Waals surface area contributed by atoms with E-state index in [0.29, 0.717) is 12.8 Å². The first-order valence-corrected chi connectivity index (χ1v) is 27.5. The van der Waals surface area contributed by atoms with Crippen molar-refractivity contribution in [2.75, 3.05) is 25.6 Å². The van der Waals surface area contributed by atoms with Crippen molar-refractivity contribution in [3.63, 3.8) is 0 Å². The second kappa shape index (κ2) is 37.4. The summed E-state index contributed by atoms with van der Waals surface area (Å²) in [5.74, 6) is -1.83. The second-order valence-corrected chi connectivity index (χ2v) is 19.7. The minimum Gasteiger partial charge on any atom is -0.462 e. The van der Waals surface area contributed by atoms with Gasteiger partial charge in [0.05, 0.1) is 13.2 Å². The van der Waals surface area contributed by atoms with Crippen LogP contribution in [0.15, 0.2) is 102 Å². The van der Waals surface area contributed by atoms with Gasteiger partial charge in [-0.15, -0.1) is 0 Å². The van der Waals surface area contributed by atoms with Crippen LogP contribution in [0.5, 0.6) is 0 Å². The zero-order valence-corrected chi connectivity index (χ0v) is 43.0. The minimum absolute atomic E-state index is 0.0108. The van der Waals surface area contributed by atoms with Crippen LogP contribution in [-0.2, 0) is 51.1 Å². The van der Waals surface area contributed by atoms with E-state index in [1.807, 2.05) is 12.2 Å². The van der Waals surface area contributed by atoms with Gasteiger partial charge in [0, 0.05) is 25.5 Å². The number of rotatable bonds is 39. The van der Waals surface area contributed by atoms with Crippen LogP contribution in [0.3, 0.4) is 0 Å². The average Bonchev–Trinajstić information content (AvgIpc) is 3.60. The Morgan fingerprint density at radius 3 is 1.99 bits per heavy atom. The van der Waals surface area contributed by atoms with Gasteiger partial charge in [-0.2, -0.15) is 9.29 Å². The van der Waals surface area contributed by atoms with Crippen molar-refractivity contribution in [3.05, 3.63) is 108 Å². The highest BCUT2D eigenvalue weighted by molar-refractivity contribution is 7.61. The van der Waals surface area contributed by atoms with Gasteiger partial charge in [-0.05, 0) is 82.8 Å². The van der Waals surface area contributed by atoms with Crippen molar-refractivity contribution in [3.8, 4) is 0 Å². The number of anilines is 1. The van der Waals surface area contributed by atoms with Crippen LogP contribution in [0.2, 0.25) is 0 Å². The number of aromatic nitrogens is 2. The lowest BCUT2D eigenvalue weighted by Crippen LogP contribution is -2.36. The standard InChI is InChI=1S/C50H77N3O16P2/c1-3-5-7-9-11-13-15-17-18-20-22-24-26-28-30-34-45(55)64-38-42(67-46(56)35-31-33-41(54)32-29-27-25-23-21-19-16-14-12-10-8-6-4-2)39-65-70(60,61)69-71(62,63)66-40-43-47(57)48(58)49(68-43)53-37-36-44(51)52-50(53)59/h5,7,11-14,17-19,21,25,27,29,32,36-37,42-43,47-49,57-58H,3-4,6,8-10,15-16,20,22-24,26,28,30-31,33-35,38-40H2,1-2H3,(H,60,61)(H,62,63)(H2,51,52,59)/b7-5-,13-11-,14-12-,18-17-,21-19-,27-25-,32-29+/t42-,43-,47-,48-,49-/m1/s1. The smallest absolute Gasteiger partial charge is 0.462 e. The van der Waals surface area contributed by atoms with E-state index in [4.69, 9.17) is 29.0 Å². The molecule has 1 aliphatic rings. The number of aliphatic hydroxyl groups is 2. The lowest BCUT2D eigenvalue weighted by atomic mass is 10.1. The monoisotopic (exact) mass is 1040 g/mol. The molecule has 0 radical (unpaired) electrons. The number of phosphoric acid groups is 2. The van der Waals surface area contributed by atoms with E-state index in [2.05, 4.69) is 77.8 Å². The first-order chi connectivity index (χ1) is 34.1. The molecule has 0 aromatic carbocycles. The first kappa shape index (κ1) is 62.7. The Balaban J connectivity index is 1.88. The number of carbonyl (C=O) groups is 3. The fourth-order valence-electron chi connectivity index (χ4n) is 6.63. The fourth-order valence-corrected chi connectivity index (χ4v) is 8.74. The van der Waals surface area contributed by atoms with Crippen molar-refractivity contribution in [2.24, 2.45) is 0 Å². The number of ether oxygens (including phenoxy) is 3. The number of ketones is 1. The largest absolute Gasteiger partial charge is 0.481 e. The molecular weight excluding hydrogens is 961 g/mol. The predicted molar refractivity (Wildman–Crippen MR) is 270 cm³/mol. The molecule has 0 amide bonds. The number of hydrogen-bond donors (Lipinski definition) is 5. The Morgan fingerprint density at radius 2 is 1.32 bits per heavy atom. The van der Waals surface area contributed by atoms with Crippen molar-refractivity contribution < 1.29 is 71.1 Å². The normalized spacial score (nSPS) is 19.8. The maximum Gasteiger partial charge on any atom is 0.481 e. The van der Waals surface area contributed by atoms with Crippen LogP contribution in [0, 0.1) is 0 Å². The molecule has 21 heteroatoms. The molecule has 71 heavy (non-hydrogen) atoms. The third kappa shape index (κ3) is 30.3. The molecule has 1 saturated heterocycles. The molecule has 0 spiro atoms. The predicted octanol–water partition coefficient (Wildman–Crippen LogP) is 9.06. The van der Waals surface area contributed by atoms with Gasteiger partial charge in [-0.1, -0.05) is 125 Å². The van der Waals surface area contributed by atoms with Gasteiger partial charge in [0.15, 0.2) is 18.1 Å². The highest BCUT2D eigenvalue weighted by Crippen LogP contribution is 2.60. The van der Waals surface area contributed by atoms with Crippen LogP contribution in [0.25, 0.3) is 0 Å². The lowest BCUT2D eigenvalue weighted by molar-refractivity contribution is -0.161. The highest BCUT2D eigenvalue weighted by Gasteiger charge is 2.46. The van der Waals surface area contributed by atoms with Crippen LogP contribution >= 0.6 is 15.6 Å². The molecule has 398 valence electrons. The number of nitrogens with zero attached hydrogens (tertiary/aromatic N) is 2. The number of nitrogen functional groups attached to an aromatic ring is 1. The van der Waals surface area contributed by atoms with Crippen molar-refractivity contribution in [2.45, 2.75) is 166 Å². The molecule has 2 rings (SSSR count). The number of unbranched alkanes of at least 4 members (excludes halogenated alkanes) is 8. The van der Waals surface area contributed by atoms with Gasteiger partial charge >= 0.3 is 33.3 Å². The van der Waals surface area contributed by atoms with E-state index in [1.165, 1.54) is 31.4 Å². The third-order valence-electron chi connectivity index (χ3n) is 10.4. The zero-order valence-electron chi connectivity index (χ0n) is 41.2. The Hall–Kier alpha value is -4.39. The molecule has 0 bridgehead atoms. The second-order valence-electron chi connectivity index (χ2n) is 16.6. The number of aliphatic hydroxyl groups excluding tert-OH is 2. The summed E-state index contributed by atoms with van der Waals surface area (Å²) in [6, 6.07) is 1.23.